The maximum Gasteiger partial charge on any atom is 0.293 e. The van der Waals surface area contributed by atoms with Crippen molar-refractivity contribution in [1.29, 1.82) is 0 Å². The maximum absolute atomic E-state index is 12.2. The fraction of sp³-hybridized carbons (Fsp3) is 0.0769. The number of hydrogen-bond acceptors (Lipinski definition) is 4. The van der Waals surface area contributed by atoms with Gasteiger partial charge in [-0.2, -0.15) is 5.10 Å². The van der Waals surface area contributed by atoms with E-state index in [1.54, 1.807) is 30.9 Å². The molecule has 3 rings (SSSR count). The van der Waals surface area contributed by atoms with Crippen molar-refractivity contribution in [2.24, 2.45) is 0 Å². The largest absolute Gasteiger partial charge is 0.293 e. The summed E-state index contributed by atoms with van der Waals surface area (Å²) in [5, 5.41) is 4.90. The van der Waals surface area contributed by atoms with E-state index in [-0.39, 0.29) is 5.56 Å². The second-order valence-electron chi connectivity index (χ2n) is 3.90. The Morgan fingerprint density at radius 3 is 2.78 bits per heavy atom. The van der Waals surface area contributed by atoms with Crippen LogP contribution < -0.4 is 5.56 Å². The van der Waals surface area contributed by atoms with Crippen LogP contribution in [0.5, 0.6) is 0 Å². The maximum atomic E-state index is 12.2. The lowest BCUT2D eigenvalue weighted by Gasteiger charge is -2.05. The number of pyridine rings is 2. The van der Waals surface area contributed by atoms with Gasteiger partial charge in [-0.25, -0.2) is 4.68 Å². The van der Waals surface area contributed by atoms with E-state index in [0.717, 1.165) is 10.9 Å². The highest BCUT2D eigenvalue weighted by molar-refractivity contribution is 5.75. The predicted octanol–water partition coefficient (Wildman–Crippen LogP) is 1.23. The van der Waals surface area contributed by atoms with Gasteiger partial charge in [-0.15, -0.1) is 0 Å². The van der Waals surface area contributed by atoms with Gasteiger partial charge in [0, 0.05) is 24.0 Å². The molecule has 0 N–H and O–H groups in total. The average Bonchev–Trinajstić information content (AvgIpc) is 2.43. The molecular formula is C13H10N4O. The average molecular weight is 238 g/mol. The molecule has 0 aliphatic rings. The summed E-state index contributed by atoms with van der Waals surface area (Å²) >= 11 is 0. The van der Waals surface area contributed by atoms with Crippen LogP contribution in [0.1, 0.15) is 5.56 Å². The van der Waals surface area contributed by atoms with E-state index in [1.165, 1.54) is 4.68 Å². The minimum Gasteiger partial charge on any atom is -0.265 e. The Balaban J connectivity index is 2.08. The van der Waals surface area contributed by atoms with Crippen LogP contribution in [0.2, 0.25) is 0 Å². The summed E-state index contributed by atoms with van der Waals surface area (Å²) in [6, 6.07) is 7.33. The van der Waals surface area contributed by atoms with Crippen LogP contribution in [0.25, 0.3) is 10.9 Å². The van der Waals surface area contributed by atoms with Crippen molar-refractivity contribution in [1.82, 2.24) is 19.7 Å². The van der Waals surface area contributed by atoms with E-state index >= 15 is 0 Å². The Morgan fingerprint density at radius 1 is 1.11 bits per heavy atom. The second-order valence-corrected chi connectivity index (χ2v) is 3.90. The molecule has 0 aliphatic heterocycles. The molecule has 0 spiro atoms. The third kappa shape index (κ3) is 1.86. The normalized spacial score (nSPS) is 10.7. The van der Waals surface area contributed by atoms with Gasteiger partial charge in [0.25, 0.3) is 5.56 Å². The Hall–Kier alpha value is -2.56. The van der Waals surface area contributed by atoms with Crippen LogP contribution in [0.3, 0.4) is 0 Å². The molecular weight excluding hydrogens is 228 g/mol. The van der Waals surface area contributed by atoms with Crippen LogP contribution >= 0.6 is 0 Å². The fourth-order valence-corrected chi connectivity index (χ4v) is 1.78. The highest BCUT2D eigenvalue weighted by Gasteiger charge is 2.04. The molecule has 5 nitrogen and oxygen atoms in total. The Labute approximate surface area is 103 Å². The van der Waals surface area contributed by atoms with Gasteiger partial charge in [0.1, 0.15) is 5.52 Å². The molecule has 0 aromatic carbocycles. The lowest BCUT2D eigenvalue weighted by Crippen LogP contribution is -2.23. The quantitative estimate of drug-likeness (QED) is 0.673. The topological polar surface area (TPSA) is 60.7 Å². The standard InChI is InChI=1S/C13H10N4O/c18-13-12-11(2-1-5-15-12)8-16-17(13)9-10-3-6-14-7-4-10/h1-8H,9H2. The van der Waals surface area contributed by atoms with Gasteiger partial charge in [-0.3, -0.25) is 14.8 Å². The molecule has 0 atom stereocenters. The van der Waals surface area contributed by atoms with Crippen molar-refractivity contribution < 1.29 is 0 Å². The molecule has 3 aromatic rings. The van der Waals surface area contributed by atoms with Crippen LogP contribution in [0.15, 0.2) is 53.8 Å². The van der Waals surface area contributed by atoms with Gasteiger partial charge in [-0.05, 0) is 29.8 Å². The van der Waals surface area contributed by atoms with E-state index in [9.17, 15) is 4.79 Å². The zero-order valence-electron chi connectivity index (χ0n) is 9.52. The number of nitrogens with zero attached hydrogens (tertiary/aromatic N) is 4. The van der Waals surface area contributed by atoms with Crippen molar-refractivity contribution in [2.75, 3.05) is 0 Å². The summed E-state index contributed by atoms with van der Waals surface area (Å²) in [5.41, 5.74) is 1.25. The molecule has 0 bridgehead atoms. The molecule has 0 amide bonds. The number of aromatic nitrogens is 4. The molecule has 5 heteroatoms. The molecule has 0 saturated heterocycles. The molecule has 0 unspecified atom stereocenters. The SMILES string of the molecule is O=c1c2ncccc2cnn1Cc1ccncc1. The summed E-state index contributed by atoms with van der Waals surface area (Å²) in [6.45, 7) is 0.424. The van der Waals surface area contributed by atoms with Gasteiger partial charge in [0.15, 0.2) is 0 Å². The van der Waals surface area contributed by atoms with Crippen LogP contribution in [-0.4, -0.2) is 19.7 Å². The first-order chi connectivity index (χ1) is 8.84. The van der Waals surface area contributed by atoms with Crippen LogP contribution in [0.4, 0.5) is 0 Å². The fourth-order valence-electron chi connectivity index (χ4n) is 1.78. The van der Waals surface area contributed by atoms with Crippen molar-refractivity contribution in [3.05, 3.63) is 65.0 Å². The monoisotopic (exact) mass is 238 g/mol. The molecule has 88 valence electrons. The minimum absolute atomic E-state index is 0.176. The van der Waals surface area contributed by atoms with Crippen molar-refractivity contribution in [3.63, 3.8) is 0 Å². The Kier molecular flexibility index (Phi) is 2.57. The number of fused-ring (bicyclic) bond motifs is 1. The van der Waals surface area contributed by atoms with E-state index in [1.807, 2.05) is 18.2 Å². The minimum atomic E-state index is -0.176. The second kappa shape index (κ2) is 4.37. The summed E-state index contributed by atoms with van der Waals surface area (Å²) in [6.07, 6.45) is 6.66. The van der Waals surface area contributed by atoms with Gasteiger partial charge in [0.2, 0.25) is 0 Å². The summed E-state index contributed by atoms with van der Waals surface area (Å²) in [7, 11) is 0. The van der Waals surface area contributed by atoms with Gasteiger partial charge in [-0.1, -0.05) is 0 Å². The zero-order valence-corrected chi connectivity index (χ0v) is 9.52. The third-order valence-electron chi connectivity index (χ3n) is 2.69. The van der Waals surface area contributed by atoms with E-state index < -0.39 is 0 Å². The van der Waals surface area contributed by atoms with Crippen molar-refractivity contribution in [3.8, 4) is 0 Å². The summed E-state index contributed by atoms with van der Waals surface area (Å²) in [4.78, 5) is 20.2. The predicted molar refractivity (Wildman–Crippen MR) is 67.1 cm³/mol. The third-order valence-corrected chi connectivity index (χ3v) is 2.69. The Morgan fingerprint density at radius 2 is 1.94 bits per heavy atom. The van der Waals surface area contributed by atoms with Gasteiger partial charge < -0.3 is 0 Å². The van der Waals surface area contributed by atoms with Crippen molar-refractivity contribution in [2.45, 2.75) is 6.54 Å². The van der Waals surface area contributed by atoms with Crippen LogP contribution in [0, 0.1) is 0 Å². The molecule has 0 fully saturated rings. The van der Waals surface area contributed by atoms with E-state index in [4.69, 9.17) is 0 Å². The highest BCUT2D eigenvalue weighted by Crippen LogP contribution is 2.04. The molecule has 0 saturated carbocycles. The first kappa shape index (κ1) is 10.6. The van der Waals surface area contributed by atoms with E-state index in [0.29, 0.717) is 12.1 Å². The number of hydrogen-bond donors (Lipinski definition) is 0. The summed E-state index contributed by atoms with van der Waals surface area (Å²) < 4.78 is 1.41. The van der Waals surface area contributed by atoms with Gasteiger partial charge >= 0.3 is 0 Å². The molecule has 0 radical (unpaired) electrons. The van der Waals surface area contributed by atoms with Gasteiger partial charge in [0.05, 0.1) is 12.7 Å². The first-order valence-electron chi connectivity index (χ1n) is 5.54. The smallest absolute Gasteiger partial charge is 0.265 e. The van der Waals surface area contributed by atoms with Crippen LogP contribution in [-0.2, 0) is 6.54 Å². The first-order valence-corrected chi connectivity index (χ1v) is 5.54. The molecule has 3 aromatic heterocycles. The molecule has 3 heterocycles. The highest BCUT2D eigenvalue weighted by atomic mass is 16.1. The van der Waals surface area contributed by atoms with Crippen molar-refractivity contribution >= 4 is 10.9 Å². The van der Waals surface area contributed by atoms with E-state index in [2.05, 4.69) is 15.1 Å². The number of rotatable bonds is 2. The lowest BCUT2D eigenvalue weighted by molar-refractivity contribution is 0.645. The summed E-state index contributed by atoms with van der Waals surface area (Å²) in [5.74, 6) is 0. The molecule has 18 heavy (non-hydrogen) atoms. The lowest BCUT2D eigenvalue weighted by atomic mass is 10.2. The molecule has 0 aliphatic carbocycles. The zero-order chi connectivity index (χ0) is 12.4. The Bertz CT molecular complexity index is 737.